The molecule has 4 aliphatic rings. The van der Waals surface area contributed by atoms with Crippen molar-refractivity contribution in [2.45, 2.75) is 166 Å². The van der Waals surface area contributed by atoms with E-state index in [1.165, 1.54) is 14.2 Å². The van der Waals surface area contributed by atoms with Crippen LogP contribution < -0.4 is 4.74 Å². The molecular weight excluding hydrogens is 878 g/mol. The molecule has 15 atom stereocenters. The smallest absolute Gasteiger partial charge is 0.329 e. The van der Waals surface area contributed by atoms with Gasteiger partial charge in [0.25, 0.3) is 11.7 Å². The molecule has 15 unspecified atom stereocenters. The number of halogens is 1. The van der Waals surface area contributed by atoms with Gasteiger partial charge in [0.2, 0.25) is 5.79 Å². The zero-order chi connectivity index (χ0) is 49.6. The second-order valence-corrected chi connectivity index (χ2v) is 19.9. The molecule has 376 valence electrons. The highest BCUT2D eigenvalue weighted by molar-refractivity contribution is 6.39. The Morgan fingerprint density at radius 1 is 0.897 bits per heavy atom. The van der Waals surface area contributed by atoms with Crippen molar-refractivity contribution in [2.24, 2.45) is 29.6 Å². The van der Waals surface area contributed by atoms with Crippen LogP contribution in [0.1, 0.15) is 106 Å². The fourth-order valence-corrected chi connectivity index (χ4v) is 10.9. The topological polar surface area (TPSA) is 188 Å². The molecule has 3 N–H and O–H groups in total. The molecular formula is C53H74FNO13. The van der Waals surface area contributed by atoms with Gasteiger partial charge < -0.3 is 48.6 Å². The third kappa shape index (κ3) is 11.8. The number of rotatable bonds is 8. The number of ether oxygens (including phenoxy) is 6. The van der Waals surface area contributed by atoms with Crippen molar-refractivity contribution in [2.75, 3.05) is 27.9 Å². The van der Waals surface area contributed by atoms with Crippen molar-refractivity contribution in [1.82, 2.24) is 4.90 Å². The molecule has 1 aliphatic carbocycles. The Kier molecular flexibility index (Phi) is 18.0. The number of esters is 1. The number of aliphatic hydroxyl groups is 2. The Balaban J connectivity index is 1.31. The molecule has 3 aliphatic heterocycles. The Hall–Kier alpha value is -4.25. The van der Waals surface area contributed by atoms with Crippen molar-refractivity contribution < 1.29 is 67.3 Å². The first-order valence-electron chi connectivity index (χ1n) is 24.5. The number of carbonyl (C=O) groups is 4. The van der Waals surface area contributed by atoms with Gasteiger partial charge in [-0.25, -0.2) is 9.18 Å². The van der Waals surface area contributed by atoms with Gasteiger partial charge in [-0.2, -0.15) is 0 Å². The molecule has 0 radical (unpaired) electrons. The van der Waals surface area contributed by atoms with Crippen LogP contribution in [0.4, 0.5) is 4.39 Å². The van der Waals surface area contributed by atoms with Crippen molar-refractivity contribution in [3.63, 3.8) is 0 Å². The Morgan fingerprint density at radius 3 is 2.26 bits per heavy atom. The van der Waals surface area contributed by atoms with Crippen molar-refractivity contribution in [3.05, 3.63) is 59.7 Å². The van der Waals surface area contributed by atoms with E-state index >= 15 is 4.39 Å². The van der Waals surface area contributed by atoms with Gasteiger partial charge in [0, 0.05) is 52.0 Å². The maximum atomic E-state index is 16.4. The van der Waals surface area contributed by atoms with E-state index in [4.69, 9.17) is 28.4 Å². The lowest BCUT2D eigenvalue weighted by atomic mass is 9.81. The number of methoxy groups -OCH3 is 3. The number of amides is 1. The number of nitrogens with zero attached hydrogens (tertiary/aromatic N) is 1. The number of piperidine rings is 1. The number of carbonyl (C=O) groups excluding carboxylic acids is 4. The van der Waals surface area contributed by atoms with Crippen molar-refractivity contribution in [3.8, 4) is 11.5 Å². The standard InChI is InChI=1S/C53H74FNO13/c1-10-35-22-29(2)47(54)30(3)23-45(64-8)49-46(65-9)24-32(5)53(62,68-49)50(59)51(60)55-20-12-11-13-40(55)52(61)67-48(33(6)41(57)28-42(35)58)31(4)21-34-14-19-43(44(25-34)63-7)66-39-18-16-36-26-38(56)17-15-37(36)27-39/h15-18,21-22,26-27,30,32-35,40-41,43-49,56-57,62H,10-14,19-20,23-25,28H2,1-9H3. The zero-order valence-electron chi connectivity index (χ0n) is 41.2. The largest absolute Gasteiger partial charge is 0.508 e. The highest BCUT2D eigenvalue weighted by Gasteiger charge is 2.57. The number of phenolic OH excluding ortho intramolecular Hbond substituents is 1. The monoisotopic (exact) mass is 952 g/mol. The molecule has 68 heavy (non-hydrogen) atoms. The van der Waals surface area contributed by atoms with Crippen LogP contribution in [0.25, 0.3) is 10.8 Å². The maximum absolute atomic E-state index is 16.4. The van der Waals surface area contributed by atoms with E-state index in [0.29, 0.717) is 55.4 Å². The predicted octanol–water partition coefficient (Wildman–Crippen LogP) is 7.37. The van der Waals surface area contributed by atoms with Crippen LogP contribution in [0.5, 0.6) is 11.5 Å². The molecule has 2 aromatic carbocycles. The van der Waals surface area contributed by atoms with Crippen LogP contribution in [0.2, 0.25) is 0 Å². The number of ketones is 2. The zero-order valence-corrected chi connectivity index (χ0v) is 41.2. The number of Topliss-reactive ketones (excluding diaryl/α,β-unsaturated/α-hetero) is 2. The van der Waals surface area contributed by atoms with Gasteiger partial charge in [-0.1, -0.05) is 52.0 Å². The minimum Gasteiger partial charge on any atom is -0.508 e. The van der Waals surface area contributed by atoms with E-state index in [9.17, 15) is 34.5 Å². The van der Waals surface area contributed by atoms with Crippen LogP contribution in [0.3, 0.4) is 0 Å². The van der Waals surface area contributed by atoms with Crippen molar-refractivity contribution in [1.29, 1.82) is 0 Å². The summed E-state index contributed by atoms with van der Waals surface area (Å²) in [6.07, 6.45) is -0.0145. The van der Waals surface area contributed by atoms with Gasteiger partial charge in [-0.3, -0.25) is 14.4 Å². The van der Waals surface area contributed by atoms with Crippen molar-refractivity contribution >= 4 is 34.2 Å². The first kappa shape index (κ1) is 53.1. The third-order valence-electron chi connectivity index (χ3n) is 15.2. The number of aliphatic hydroxyl groups excluding tert-OH is 1. The van der Waals surface area contributed by atoms with E-state index in [-0.39, 0.29) is 61.9 Å². The average molecular weight is 952 g/mol. The number of allylic oxidation sites excluding steroid dienone is 3. The minimum atomic E-state index is -2.62. The Morgan fingerprint density at radius 2 is 1.57 bits per heavy atom. The second-order valence-electron chi connectivity index (χ2n) is 19.9. The number of hydrogen-bond donors (Lipinski definition) is 3. The molecule has 6 rings (SSSR count). The molecule has 0 spiro atoms. The molecule has 2 bridgehead atoms. The molecule has 15 heteroatoms. The van der Waals surface area contributed by atoms with Crippen LogP contribution in [-0.2, 0) is 42.9 Å². The van der Waals surface area contributed by atoms with Crippen LogP contribution in [0.15, 0.2) is 59.7 Å². The molecule has 1 saturated carbocycles. The summed E-state index contributed by atoms with van der Waals surface area (Å²) in [6.45, 7) is 10.3. The van der Waals surface area contributed by atoms with E-state index in [2.05, 4.69) is 0 Å². The molecule has 3 fully saturated rings. The Bertz CT molecular complexity index is 2160. The molecule has 14 nitrogen and oxygen atoms in total. The normalized spacial score (nSPS) is 36.6. The summed E-state index contributed by atoms with van der Waals surface area (Å²) in [5.74, 6) is -8.35. The fraction of sp³-hybridized carbons (Fsp3) is 0.660. The number of cyclic esters (lactones) is 1. The SMILES string of the molecule is CCC1C=C(C)C(F)C(C)CC(OC)C2OC(O)(C(=O)C(=O)N3CCCCC3C(=O)OC(C(C)=CC3CCC(Oc4ccc5cc(O)ccc5c4)C(OC)C3)C(C)C(O)CC1=O)C(C)CC2OC. The lowest BCUT2D eigenvalue weighted by molar-refractivity contribution is -0.302. The van der Waals surface area contributed by atoms with Gasteiger partial charge >= 0.3 is 5.97 Å². The molecule has 1 amide bonds. The number of benzene rings is 2. The summed E-state index contributed by atoms with van der Waals surface area (Å²) in [5, 5.41) is 35.7. The average Bonchev–Trinajstić information content (AvgIpc) is 3.33. The lowest BCUT2D eigenvalue weighted by Crippen LogP contribution is -2.64. The van der Waals surface area contributed by atoms with Gasteiger partial charge in [-0.15, -0.1) is 0 Å². The van der Waals surface area contributed by atoms with Gasteiger partial charge in [0.1, 0.15) is 47.8 Å². The van der Waals surface area contributed by atoms with Crippen LogP contribution >= 0.6 is 0 Å². The summed E-state index contributed by atoms with van der Waals surface area (Å²) in [7, 11) is 4.52. The predicted molar refractivity (Wildman–Crippen MR) is 252 cm³/mol. The summed E-state index contributed by atoms with van der Waals surface area (Å²) in [4.78, 5) is 58.4. The number of hydrogen-bond acceptors (Lipinski definition) is 13. The van der Waals surface area contributed by atoms with Gasteiger partial charge in [-0.05, 0) is 130 Å². The fourth-order valence-electron chi connectivity index (χ4n) is 10.9. The number of aromatic hydroxyl groups is 1. The molecule has 0 aromatic heterocycles. The van der Waals surface area contributed by atoms with E-state index in [0.717, 1.165) is 15.7 Å². The quantitative estimate of drug-likeness (QED) is 0.135. The van der Waals surface area contributed by atoms with Crippen LogP contribution in [-0.4, -0.2) is 132 Å². The van der Waals surface area contributed by atoms with E-state index in [1.807, 2.05) is 44.2 Å². The molecule has 3 heterocycles. The molecule has 2 saturated heterocycles. The first-order valence-corrected chi connectivity index (χ1v) is 24.5. The van der Waals surface area contributed by atoms with Gasteiger partial charge in [0.05, 0.1) is 24.4 Å². The molecule has 2 aromatic rings. The first-order chi connectivity index (χ1) is 32.3. The Labute approximate surface area is 400 Å². The minimum absolute atomic E-state index is 0.0401. The van der Waals surface area contributed by atoms with E-state index in [1.54, 1.807) is 53.0 Å². The summed E-state index contributed by atoms with van der Waals surface area (Å²) in [5.41, 5.74) is 0.953. The van der Waals surface area contributed by atoms with Crippen LogP contribution in [0, 0.1) is 29.6 Å². The maximum Gasteiger partial charge on any atom is 0.329 e. The number of phenols is 1. The number of alkyl halides is 1. The second kappa shape index (κ2) is 23.1. The summed E-state index contributed by atoms with van der Waals surface area (Å²) < 4.78 is 52.9. The summed E-state index contributed by atoms with van der Waals surface area (Å²) >= 11 is 0. The highest BCUT2D eigenvalue weighted by atomic mass is 19.1. The lowest BCUT2D eigenvalue weighted by Gasteiger charge is -2.47. The summed E-state index contributed by atoms with van der Waals surface area (Å²) in [6, 6.07) is 9.65. The third-order valence-corrected chi connectivity index (χ3v) is 15.2. The highest BCUT2D eigenvalue weighted by Crippen LogP contribution is 2.40. The van der Waals surface area contributed by atoms with E-state index < -0.39 is 89.9 Å². The van der Waals surface area contributed by atoms with Gasteiger partial charge in [0.15, 0.2) is 0 Å². The number of fused-ring (bicyclic) bond motifs is 4.